The van der Waals surface area contributed by atoms with Gasteiger partial charge < -0.3 is 11.1 Å². The number of fused-ring (bicyclic) bond motifs is 1. The third kappa shape index (κ3) is 5.58. The average Bonchev–Trinajstić information content (AvgIpc) is 2.73. The smallest absolute Gasteiger partial charge is 0.252 e. The van der Waals surface area contributed by atoms with Crippen molar-refractivity contribution in [1.82, 2.24) is 9.97 Å². The Morgan fingerprint density at radius 2 is 1.77 bits per heavy atom. The molecule has 1 aromatic carbocycles. The van der Waals surface area contributed by atoms with Gasteiger partial charge in [0.25, 0.3) is 5.91 Å². The highest BCUT2D eigenvalue weighted by atomic mass is 32.2. The van der Waals surface area contributed by atoms with Gasteiger partial charge in [0.2, 0.25) is 0 Å². The SMILES string of the molecule is CCC(CC)CNc1c(C(N)=O)cnc2ccc(-c3ccc(CS(C)(=O)=O)nc3)cc12. The number of nitrogens with one attached hydrogen (secondary N) is 1. The highest BCUT2D eigenvalue weighted by Crippen LogP contribution is 2.31. The minimum atomic E-state index is -3.14. The highest BCUT2D eigenvalue weighted by Gasteiger charge is 2.15. The first kappa shape index (κ1) is 22.7. The zero-order valence-electron chi connectivity index (χ0n) is 18.1. The van der Waals surface area contributed by atoms with E-state index in [1.165, 1.54) is 12.5 Å². The molecular weight excluding hydrogens is 412 g/mol. The van der Waals surface area contributed by atoms with Crippen molar-refractivity contribution >= 4 is 32.3 Å². The lowest BCUT2D eigenvalue weighted by Crippen LogP contribution is -2.18. The first-order valence-electron chi connectivity index (χ1n) is 10.3. The van der Waals surface area contributed by atoms with E-state index in [1.807, 2.05) is 24.3 Å². The topological polar surface area (TPSA) is 115 Å². The Balaban J connectivity index is 2.03. The molecule has 0 saturated carbocycles. The van der Waals surface area contributed by atoms with E-state index in [0.29, 0.717) is 22.9 Å². The van der Waals surface area contributed by atoms with Crippen LogP contribution in [0.4, 0.5) is 5.69 Å². The molecule has 0 unspecified atom stereocenters. The van der Waals surface area contributed by atoms with Gasteiger partial charge in [-0.25, -0.2) is 8.42 Å². The summed E-state index contributed by atoms with van der Waals surface area (Å²) >= 11 is 0. The molecule has 0 spiro atoms. The molecule has 0 fully saturated rings. The fourth-order valence-corrected chi connectivity index (χ4v) is 4.23. The third-order valence-corrected chi connectivity index (χ3v) is 6.24. The zero-order chi connectivity index (χ0) is 22.6. The fourth-order valence-electron chi connectivity index (χ4n) is 3.52. The van der Waals surface area contributed by atoms with Crippen LogP contribution in [-0.4, -0.2) is 37.1 Å². The van der Waals surface area contributed by atoms with Crippen molar-refractivity contribution in [3.05, 3.63) is 54.0 Å². The van der Waals surface area contributed by atoms with Gasteiger partial charge in [-0.1, -0.05) is 38.8 Å². The Morgan fingerprint density at radius 1 is 1.06 bits per heavy atom. The number of benzene rings is 1. The van der Waals surface area contributed by atoms with E-state index >= 15 is 0 Å². The molecule has 8 heteroatoms. The molecule has 0 saturated heterocycles. The predicted octanol–water partition coefficient (Wildman–Crippen LogP) is 3.79. The number of pyridine rings is 2. The number of anilines is 1. The number of sulfone groups is 1. The van der Waals surface area contributed by atoms with E-state index in [1.54, 1.807) is 12.3 Å². The van der Waals surface area contributed by atoms with Gasteiger partial charge in [0.05, 0.1) is 28.2 Å². The molecule has 0 aliphatic heterocycles. The molecule has 2 heterocycles. The zero-order valence-corrected chi connectivity index (χ0v) is 18.9. The third-order valence-electron chi connectivity index (χ3n) is 5.42. The van der Waals surface area contributed by atoms with E-state index in [4.69, 9.17) is 5.73 Å². The van der Waals surface area contributed by atoms with Gasteiger partial charge in [-0.05, 0) is 29.7 Å². The number of hydrogen-bond acceptors (Lipinski definition) is 6. The van der Waals surface area contributed by atoms with Gasteiger partial charge in [-0.3, -0.25) is 14.8 Å². The predicted molar refractivity (Wildman–Crippen MR) is 125 cm³/mol. The maximum Gasteiger partial charge on any atom is 0.252 e. The van der Waals surface area contributed by atoms with Crippen LogP contribution in [0.1, 0.15) is 42.7 Å². The Kier molecular flexibility index (Phi) is 6.90. The fraction of sp³-hybridized carbons (Fsp3) is 0.348. The molecule has 2 aromatic heterocycles. The van der Waals surface area contributed by atoms with Crippen LogP contribution in [0.3, 0.4) is 0 Å². The molecule has 31 heavy (non-hydrogen) atoms. The Morgan fingerprint density at radius 3 is 2.35 bits per heavy atom. The standard InChI is InChI=1S/C23H28N4O3S/c1-4-15(5-2)11-27-22-19-10-16(7-9-21(19)26-13-20(22)23(24)28)17-6-8-18(25-12-17)14-31(3,29)30/h6-10,12-13,15H,4-5,11,14H2,1-3H3,(H2,24,28)(H,26,27). The van der Waals surface area contributed by atoms with Crippen LogP contribution in [0.2, 0.25) is 0 Å². The van der Waals surface area contributed by atoms with Crippen molar-refractivity contribution in [2.24, 2.45) is 11.7 Å². The summed E-state index contributed by atoms with van der Waals surface area (Å²) in [5, 5.41) is 4.24. The normalized spacial score (nSPS) is 11.7. The van der Waals surface area contributed by atoms with Gasteiger partial charge in [0.1, 0.15) is 0 Å². The molecule has 0 bridgehead atoms. The van der Waals surface area contributed by atoms with Crippen LogP contribution in [-0.2, 0) is 15.6 Å². The molecule has 164 valence electrons. The Labute approximate surface area is 183 Å². The number of carbonyl (C=O) groups excluding carboxylic acids is 1. The highest BCUT2D eigenvalue weighted by molar-refractivity contribution is 7.89. The molecule has 0 radical (unpaired) electrons. The molecule has 0 aliphatic carbocycles. The second kappa shape index (κ2) is 9.43. The lowest BCUT2D eigenvalue weighted by atomic mass is 10.0. The summed E-state index contributed by atoms with van der Waals surface area (Å²) < 4.78 is 23.0. The lowest BCUT2D eigenvalue weighted by molar-refractivity contribution is 0.100. The summed E-state index contributed by atoms with van der Waals surface area (Å²) in [5.74, 6) is -0.140. The molecule has 0 atom stereocenters. The molecule has 3 aromatic rings. The number of hydrogen-bond donors (Lipinski definition) is 2. The van der Waals surface area contributed by atoms with E-state index in [0.717, 1.165) is 41.4 Å². The monoisotopic (exact) mass is 440 g/mol. The number of aromatic nitrogens is 2. The van der Waals surface area contributed by atoms with Gasteiger partial charge in [0.15, 0.2) is 9.84 Å². The van der Waals surface area contributed by atoms with Crippen molar-refractivity contribution < 1.29 is 13.2 Å². The largest absolute Gasteiger partial charge is 0.384 e. The van der Waals surface area contributed by atoms with Crippen LogP contribution in [0, 0.1) is 5.92 Å². The minimum Gasteiger partial charge on any atom is -0.384 e. The summed E-state index contributed by atoms with van der Waals surface area (Å²) in [6, 6.07) is 9.33. The Hall–Kier alpha value is -3.00. The first-order valence-corrected chi connectivity index (χ1v) is 12.4. The van der Waals surface area contributed by atoms with Crippen molar-refractivity contribution in [1.29, 1.82) is 0 Å². The van der Waals surface area contributed by atoms with Crippen LogP contribution in [0.5, 0.6) is 0 Å². The van der Waals surface area contributed by atoms with Gasteiger partial charge in [-0.15, -0.1) is 0 Å². The van der Waals surface area contributed by atoms with Gasteiger partial charge in [-0.2, -0.15) is 0 Å². The number of rotatable bonds is 9. The molecule has 3 N–H and O–H groups in total. The van der Waals surface area contributed by atoms with Crippen molar-refractivity contribution in [2.45, 2.75) is 32.4 Å². The number of carbonyl (C=O) groups is 1. The van der Waals surface area contributed by atoms with Crippen LogP contribution < -0.4 is 11.1 Å². The number of primary amides is 1. The average molecular weight is 441 g/mol. The maximum absolute atomic E-state index is 12.0. The van der Waals surface area contributed by atoms with Crippen LogP contribution in [0.25, 0.3) is 22.0 Å². The molecular formula is C23H28N4O3S. The van der Waals surface area contributed by atoms with Crippen molar-refractivity contribution in [3.8, 4) is 11.1 Å². The van der Waals surface area contributed by atoms with Crippen LogP contribution in [0.15, 0.2) is 42.7 Å². The summed E-state index contributed by atoms with van der Waals surface area (Å²) in [5.41, 5.74) is 9.64. The maximum atomic E-state index is 12.0. The quantitative estimate of drug-likeness (QED) is 0.523. The summed E-state index contributed by atoms with van der Waals surface area (Å²) in [6.07, 6.45) is 6.43. The number of amides is 1. The summed E-state index contributed by atoms with van der Waals surface area (Å²) in [6.45, 7) is 5.03. The van der Waals surface area contributed by atoms with E-state index < -0.39 is 15.7 Å². The van der Waals surface area contributed by atoms with E-state index in [9.17, 15) is 13.2 Å². The van der Waals surface area contributed by atoms with E-state index in [-0.39, 0.29) is 5.75 Å². The second-order valence-corrected chi connectivity index (χ2v) is 9.95. The number of nitrogens with zero attached hydrogens (tertiary/aromatic N) is 2. The molecule has 1 amide bonds. The van der Waals surface area contributed by atoms with Crippen molar-refractivity contribution in [3.63, 3.8) is 0 Å². The first-order chi connectivity index (χ1) is 14.7. The molecule has 0 aliphatic rings. The molecule has 3 rings (SSSR count). The number of nitrogens with two attached hydrogens (primary N) is 1. The van der Waals surface area contributed by atoms with Crippen LogP contribution >= 0.6 is 0 Å². The van der Waals surface area contributed by atoms with Gasteiger partial charge >= 0.3 is 0 Å². The Bertz CT molecular complexity index is 1190. The summed E-state index contributed by atoms with van der Waals surface area (Å²) in [7, 11) is -3.14. The second-order valence-electron chi connectivity index (χ2n) is 7.81. The molecule has 7 nitrogen and oxygen atoms in total. The summed E-state index contributed by atoms with van der Waals surface area (Å²) in [4.78, 5) is 20.7. The van der Waals surface area contributed by atoms with Crippen molar-refractivity contribution in [2.75, 3.05) is 18.1 Å². The lowest BCUT2D eigenvalue weighted by Gasteiger charge is -2.18. The minimum absolute atomic E-state index is 0.0962. The van der Waals surface area contributed by atoms with E-state index in [2.05, 4.69) is 29.1 Å². The van der Waals surface area contributed by atoms with Gasteiger partial charge in [0, 0.05) is 36.1 Å².